The minimum absolute atomic E-state index is 0.118. The summed E-state index contributed by atoms with van der Waals surface area (Å²) >= 11 is 0. The van der Waals surface area contributed by atoms with E-state index in [-0.39, 0.29) is 11.8 Å². The topological polar surface area (TPSA) is 58.7 Å². The van der Waals surface area contributed by atoms with Crippen LogP contribution in [-0.2, 0) is 0 Å². The molecule has 0 saturated heterocycles. The van der Waals surface area contributed by atoms with Gasteiger partial charge in [0.1, 0.15) is 0 Å². The molecule has 0 aliphatic heterocycles. The Balaban J connectivity index is 1.55. The maximum Gasteiger partial charge on any atom is 0.253 e. The van der Waals surface area contributed by atoms with Crippen molar-refractivity contribution in [1.82, 2.24) is 4.90 Å². The van der Waals surface area contributed by atoms with Crippen LogP contribution >= 0.6 is 0 Å². The second-order valence-electron chi connectivity index (χ2n) is 9.82. The van der Waals surface area contributed by atoms with Crippen molar-refractivity contribution in [2.75, 3.05) is 19.6 Å². The Morgan fingerprint density at radius 2 is 1.31 bits per heavy atom. The third-order valence-corrected chi connectivity index (χ3v) is 7.16. The molecule has 35 heavy (non-hydrogen) atoms. The van der Waals surface area contributed by atoms with E-state index in [4.69, 9.17) is 5.73 Å². The highest BCUT2D eigenvalue weighted by Crippen LogP contribution is 2.32. The number of aliphatic imine (C=N–C) groups is 1. The van der Waals surface area contributed by atoms with Crippen LogP contribution in [0.2, 0.25) is 0 Å². The summed E-state index contributed by atoms with van der Waals surface area (Å²) in [5.74, 6) is 2.02. The Labute approximate surface area is 209 Å². The molecule has 4 rings (SSSR count). The van der Waals surface area contributed by atoms with E-state index in [0.717, 1.165) is 44.3 Å². The number of hydrogen-bond acceptors (Lipinski definition) is 2. The molecule has 0 unspecified atom stereocenters. The molecular weight excluding hydrogens is 430 g/mol. The van der Waals surface area contributed by atoms with Crippen LogP contribution in [0.1, 0.15) is 60.0 Å². The van der Waals surface area contributed by atoms with E-state index in [2.05, 4.69) is 58.4 Å². The van der Waals surface area contributed by atoms with Crippen molar-refractivity contribution in [2.24, 2.45) is 22.6 Å². The molecule has 0 heterocycles. The zero-order chi connectivity index (χ0) is 24.5. The standard InChI is InChI=1S/C31H37N3O/c1-24(32)33-21-25-17-19-26(20-18-25)22-34(31(35)29-15-9-4-10-16-29)23-30(27-11-5-2-6-12-27)28-13-7-3-8-14-28/h2-16,25-26,30H,17-23H2,1H3,(H2,32,33). The first-order valence-electron chi connectivity index (χ1n) is 12.8. The average Bonchev–Trinajstić information content (AvgIpc) is 2.91. The predicted octanol–water partition coefficient (Wildman–Crippen LogP) is 6.14. The summed E-state index contributed by atoms with van der Waals surface area (Å²) < 4.78 is 0. The fourth-order valence-corrected chi connectivity index (χ4v) is 5.18. The zero-order valence-corrected chi connectivity index (χ0v) is 20.7. The lowest BCUT2D eigenvalue weighted by atomic mass is 9.81. The SMILES string of the molecule is CC(N)=NCC1CCC(CN(CC(c2ccccc2)c2ccccc2)C(=O)c2ccccc2)CC1. The molecule has 0 atom stereocenters. The predicted molar refractivity (Wildman–Crippen MR) is 145 cm³/mol. The molecule has 0 spiro atoms. The molecule has 2 N–H and O–H groups in total. The van der Waals surface area contributed by atoms with E-state index in [1.54, 1.807) is 0 Å². The lowest BCUT2D eigenvalue weighted by molar-refractivity contribution is 0.0700. The molecule has 4 heteroatoms. The summed E-state index contributed by atoms with van der Waals surface area (Å²) in [7, 11) is 0. The van der Waals surface area contributed by atoms with Crippen molar-refractivity contribution in [1.29, 1.82) is 0 Å². The van der Waals surface area contributed by atoms with E-state index < -0.39 is 0 Å². The van der Waals surface area contributed by atoms with Crippen LogP contribution in [0.4, 0.5) is 0 Å². The van der Waals surface area contributed by atoms with Crippen LogP contribution in [0.5, 0.6) is 0 Å². The van der Waals surface area contributed by atoms with Crippen molar-refractivity contribution < 1.29 is 4.79 Å². The molecule has 3 aromatic carbocycles. The lowest BCUT2D eigenvalue weighted by Gasteiger charge is -2.34. The monoisotopic (exact) mass is 467 g/mol. The molecule has 1 aliphatic carbocycles. The molecule has 1 amide bonds. The van der Waals surface area contributed by atoms with Crippen molar-refractivity contribution in [3.8, 4) is 0 Å². The van der Waals surface area contributed by atoms with E-state index in [1.165, 1.54) is 11.1 Å². The molecule has 1 saturated carbocycles. The van der Waals surface area contributed by atoms with Crippen LogP contribution in [-0.4, -0.2) is 36.3 Å². The van der Waals surface area contributed by atoms with Gasteiger partial charge in [0, 0.05) is 31.1 Å². The summed E-state index contributed by atoms with van der Waals surface area (Å²) in [6.07, 6.45) is 4.55. The van der Waals surface area contributed by atoms with Crippen LogP contribution in [0.25, 0.3) is 0 Å². The zero-order valence-electron chi connectivity index (χ0n) is 20.7. The normalized spacial score (nSPS) is 18.4. The number of hydrogen-bond donors (Lipinski definition) is 1. The van der Waals surface area contributed by atoms with Gasteiger partial charge in [-0.2, -0.15) is 0 Å². The Morgan fingerprint density at radius 3 is 1.83 bits per heavy atom. The number of carbonyl (C=O) groups excluding carboxylic acids is 1. The van der Waals surface area contributed by atoms with Gasteiger partial charge in [0.05, 0.1) is 5.84 Å². The van der Waals surface area contributed by atoms with Crippen LogP contribution in [0.3, 0.4) is 0 Å². The second-order valence-corrected chi connectivity index (χ2v) is 9.82. The summed E-state index contributed by atoms with van der Waals surface area (Å²) in [5, 5.41) is 0. The van der Waals surface area contributed by atoms with E-state index in [9.17, 15) is 4.79 Å². The lowest BCUT2D eigenvalue weighted by Crippen LogP contribution is -2.39. The minimum Gasteiger partial charge on any atom is -0.388 e. The van der Waals surface area contributed by atoms with Gasteiger partial charge in [0.25, 0.3) is 5.91 Å². The van der Waals surface area contributed by atoms with Crippen LogP contribution in [0, 0.1) is 11.8 Å². The van der Waals surface area contributed by atoms with Crippen molar-refractivity contribution in [3.05, 3.63) is 108 Å². The third-order valence-electron chi connectivity index (χ3n) is 7.16. The van der Waals surface area contributed by atoms with Crippen molar-refractivity contribution >= 4 is 11.7 Å². The largest absolute Gasteiger partial charge is 0.388 e. The number of carbonyl (C=O) groups is 1. The number of amidine groups is 1. The molecule has 0 bridgehead atoms. The molecule has 1 aliphatic rings. The fraction of sp³-hybridized carbons (Fsp3) is 0.355. The third kappa shape index (κ3) is 7.05. The number of nitrogens with zero attached hydrogens (tertiary/aromatic N) is 2. The van der Waals surface area contributed by atoms with Gasteiger partial charge in [0.2, 0.25) is 0 Å². The highest BCUT2D eigenvalue weighted by Gasteiger charge is 2.28. The highest BCUT2D eigenvalue weighted by atomic mass is 16.2. The van der Waals surface area contributed by atoms with Gasteiger partial charge >= 0.3 is 0 Å². The molecule has 182 valence electrons. The van der Waals surface area contributed by atoms with Gasteiger partial charge in [-0.1, -0.05) is 78.9 Å². The Kier molecular flexibility index (Phi) is 8.72. The highest BCUT2D eigenvalue weighted by molar-refractivity contribution is 5.94. The molecule has 1 fully saturated rings. The van der Waals surface area contributed by atoms with E-state index in [1.807, 2.05) is 49.4 Å². The number of benzene rings is 3. The summed E-state index contributed by atoms with van der Waals surface area (Å²) in [6.45, 7) is 4.13. The van der Waals surface area contributed by atoms with E-state index in [0.29, 0.717) is 24.2 Å². The van der Waals surface area contributed by atoms with Crippen LogP contribution in [0.15, 0.2) is 96.0 Å². The van der Waals surface area contributed by atoms with Gasteiger partial charge in [-0.3, -0.25) is 9.79 Å². The average molecular weight is 468 g/mol. The van der Waals surface area contributed by atoms with Crippen molar-refractivity contribution in [2.45, 2.75) is 38.5 Å². The quantitative estimate of drug-likeness (QED) is 0.303. The van der Waals surface area contributed by atoms with Gasteiger partial charge in [-0.05, 0) is 67.7 Å². The fourth-order valence-electron chi connectivity index (χ4n) is 5.18. The molecular formula is C31H37N3O. The summed E-state index contributed by atoms with van der Waals surface area (Å²) in [5.41, 5.74) is 8.98. The first-order valence-corrected chi connectivity index (χ1v) is 12.8. The molecule has 0 radical (unpaired) electrons. The first-order chi connectivity index (χ1) is 17.1. The van der Waals surface area contributed by atoms with Gasteiger partial charge in [-0.25, -0.2) is 0 Å². The number of rotatable bonds is 9. The first kappa shape index (κ1) is 24.7. The number of nitrogens with two attached hydrogens (primary N) is 1. The maximum atomic E-state index is 13.8. The maximum absolute atomic E-state index is 13.8. The van der Waals surface area contributed by atoms with Gasteiger partial charge in [0.15, 0.2) is 0 Å². The Morgan fingerprint density at radius 1 is 0.829 bits per heavy atom. The summed E-state index contributed by atoms with van der Waals surface area (Å²) in [4.78, 5) is 20.3. The van der Waals surface area contributed by atoms with Gasteiger partial charge < -0.3 is 10.6 Å². The van der Waals surface area contributed by atoms with Crippen LogP contribution < -0.4 is 5.73 Å². The molecule has 0 aromatic heterocycles. The number of amides is 1. The minimum atomic E-state index is 0.118. The molecule has 4 nitrogen and oxygen atoms in total. The smallest absolute Gasteiger partial charge is 0.253 e. The Bertz CT molecular complexity index is 1030. The second kappa shape index (κ2) is 12.3. The van der Waals surface area contributed by atoms with Crippen molar-refractivity contribution in [3.63, 3.8) is 0 Å². The van der Waals surface area contributed by atoms with Gasteiger partial charge in [-0.15, -0.1) is 0 Å². The Hall–Kier alpha value is -3.40. The molecule has 3 aromatic rings. The summed E-state index contributed by atoms with van der Waals surface area (Å²) in [6, 6.07) is 30.9. The van der Waals surface area contributed by atoms with E-state index >= 15 is 0 Å².